The molecule has 0 amide bonds. The molecule has 0 spiro atoms. The van der Waals surface area contributed by atoms with Crippen LogP contribution in [0.15, 0.2) is 4.99 Å². The molecule has 0 aromatic carbocycles. The molecule has 1 atom stereocenters. The van der Waals surface area contributed by atoms with E-state index in [1.165, 1.54) is 51.4 Å². The minimum Gasteiger partial charge on any atom is -0.298 e. The maximum Gasteiger partial charge on any atom is 0.0880 e. The van der Waals surface area contributed by atoms with Crippen LogP contribution < -0.4 is 5.32 Å². The first-order valence-electron chi connectivity index (χ1n) is 8.00. The van der Waals surface area contributed by atoms with Crippen molar-refractivity contribution in [3.63, 3.8) is 0 Å². The van der Waals surface area contributed by atoms with Crippen LogP contribution in [0.1, 0.15) is 78.6 Å². The van der Waals surface area contributed by atoms with E-state index in [0.717, 1.165) is 25.6 Å². The van der Waals surface area contributed by atoms with Crippen LogP contribution in [0.2, 0.25) is 0 Å². The molecule has 0 radical (unpaired) electrons. The first-order valence-corrected chi connectivity index (χ1v) is 8.00. The summed E-state index contributed by atoms with van der Waals surface area (Å²) in [5.41, 5.74) is 0. The van der Waals surface area contributed by atoms with E-state index < -0.39 is 0 Å². The molecule has 0 heterocycles. The lowest BCUT2D eigenvalue weighted by atomic mass is 10.0. The van der Waals surface area contributed by atoms with Crippen LogP contribution in [-0.4, -0.2) is 19.4 Å². The number of aliphatic imine (C=N–C) groups is 1. The molecule has 1 unspecified atom stereocenters. The molecule has 0 aromatic rings. The van der Waals surface area contributed by atoms with Crippen molar-refractivity contribution in [2.24, 2.45) is 10.9 Å². The summed E-state index contributed by atoms with van der Waals surface area (Å²) in [5.74, 6) is 0.789. The lowest BCUT2D eigenvalue weighted by Gasteiger charge is -2.11. The average Bonchev–Trinajstić information content (AvgIpc) is 2.37. The van der Waals surface area contributed by atoms with Crippen molar-refractivity contribution in [3.05, 3.63) is 0 Å². The van der Waals surface area contributed by atoms with Gasteiger partial charge < -0.3 is 0 Å². The van der Waals surface area contributed by atoms with E-state index in [1.807, 2.05) is 0 Å². The Hall–Kier alpha value is -0.370. The quantitative estimate of drug-likeness (QED) is 0.371. The number of rotatable bonds is 13. The molecule has 0 fully saturated rings. The second-order valence-electron chi connectivity index (χ2n) is 5.43. The van der Waals surface area contributed by atoms with E-state index >= 15 is 0 Å². The average molecular weight is 254 g/mol. The van der Waals surface area contributed by atoms with Gasteiger partial charge in [-0.1, -0.05) is 59.3 Å². The molecular formula is C16H34N2. The molecule has 0 rings (SSSR count). The van der Waals surface area contributed by atoms with Gasteiger partial charge in [0.2, 0.25) is 0 Å². The molecule has 0 bridgehead atoms. The van der Waals surface area contributed by atoms with E-state index in [2.05, 4.69) is 37.3 Å². The SMILES string of the molecule is CCCC/C=N/CNCC(C)CCCCCCC. The smallest absolute Gasteiger partial charge is 0.0880 e. The summed E-state index contributed by atoms with van der Waals surface area (Å²) in [5, 5.41) is 3.42. The third kappa shape index (κ3) is 13.7. The lowest BCUT2D eigenvalue weighted by molar-refractivity contribution is 0.456. The Morgan fingerprint density at radius 1 is 1.00 bits per heavy atom. The zero-order valence-corrected chi connectivity index (χ0v) is 12.9. The number of hydrogen-bond donors (Lipinski definition) is 1. The lowest BCUT2D eigenvalue weighted by Crippen LogP contribution is -2.21. The van der Waals surface area contributed by atoms with Crippen LogP contribution >= 0.6 is 0 Å². The maximum absolute atomic E-state index is 4.37. The van der Waals surface area contributed by atoms with Gasteiger partial charge in [0.15, 0.2) is 0 Å². The zero-order valence-electron chi connectivity index (χ0n) is 12.9. The molecule has 108 valence electrons. The predicted octanol–water partition coefficient (Wildman–Crippen LogP) is 4.79. The number of hydrogen-bond acceptors (Lipinski definition) is 2. The molecule has 0 aliphatic heterocycles. The molecule has 1 N–H and O–H groups in total. The van der Waals surface area contributed by atoms with Crippen molar-refractivity contribution in [3.8, 4) is 0 Å². The Balaban J connectivity index is 3.21. The highest BCUT2D eigenvalue weighted by molar-refractivity contribution is 5.56. The summed E-state index contributed by atoms with van der Waals surface area (Å²) in [4.78, 5) is 4.37. The zero-order chi connectivity index (χ0) is 13.5. The first-order chi connectivity index (χ1) is 8.81. The molecule has 0 aliphatic rings. The van der Waals surface area contributed by atoms with Gasteiger partial charge in [-0.25, -0.2) is 0 Å². The third-order valence-corrected chi connectivity index (χ3v) is 3.31. The fourth-order valence-corrected chi connectivity index (χ4v) is 2.03. The van der Waals surface area contributed by atoms with Crippen LogP contribution in [0.5, 0.6) is 0 Å². The predicted molar refractivity (Wildman–Crippen MR) is 83.4 cm³/mol. The second-order valence-corrected chi connectivity index (χ2v) is 5.43. The van der Waals surface area contributed by atoms with Crippen LogP contribution in [0.25, 0.3) is 0 Å². The number of unbranched alkanes of at least 4 members (excludes halogenated alkanes) is 6. The molecule has 0 aliphatic carbocycles. The maximum atomic E-state index is 4.37. The van der Waals surface area contributed by atoms with E-state index in [9.17, 15) is 0 Å². The molecular weight excluding hydrogens is 220 g/mol. The molecule has 18 heavy (non-hydrogen) atoms. The number of nitrogens with zero attached hydrogens (tertiary/aromatic N) is 1. The van der Waals surface area contributed by atoms with Gasteiger partial charge in [-0.2, -0.15) is 0 Å². The normalized spacial score (nSPS) is 13.3. The van der Waals surface area contributed by atoms with Crippen LogP contribution in [-0.2, 0) is 0 Å². The monoisotopic (exact) mass is 254 g/mol. The van der Waals surface area contributed by atoms with Gasteiger partial charge in [0, 0.05) is 6.21 Å². The molecule has 0 aromatic heterocycles. The van der Waals surface area contributed by atoms with Crippen molar-refractivity contribution >= 4 is 6.21 Å². The van der Waals surface area contributed by atoms with Crippen LogP contribution in [0.3, 0.4) is 0 Å². The highest BCUT2D eigenvalue weighted by atomic mass is 15.0. The van der Waals surface area contributed by atoms with E-state index in [1.54, 1.807) is 0 Å². The minimum atomic E-state index is 0.789. The summed E-state index contributed by atoms with van der Waals surface area (Å²) < 4.78 is 0. The van der Waals surface area contributed by atoms with E-state index in [-0.39, 0.29) is 0 Å². The summed E-state index contributed by atoms with van der Waals surface area (Å²) in [7, 11) is 0. The van der Waals surface area contributed by atoms with Crippen molar-refractivity contribution in [2.45, 2.75) is 78.6 Å². The standard InChI is InChI=1S/C16H34N2/c1-4-6-8-9-10-12-16(3)14-18-15-17-13-11-7-5-2/h13,16,18H,4-12,14-15H2,1-3H3/b17-13+. The van der Waals surface area contributed by atoms with Gasteiger partial charge >= 0.3 is 0 Å². The van der Waals surface area contributed by atoms with E-state index in [0.29, 0.717) is 0 Å². The Bertz CT molecular complexity index is 178. The Kier molecular flexibility index (Phi) is 14.4. The second kappa shape index (κ2) is 14.7. The number of nitrogens with one attached hydrogen (secondary N) is 1. The van der Waals surface area contributed by atoms with Crippen molar-refractivity contribution in [2.75, 3.05) is 13.2 Å². The van der Waals surface area contributed by atoms with Crippen molar-refractivity contribution in [1.82, 2.24) is 5.32 Å². The minimum absolute atomic E-state index is 0.789. The van der Waals surface area contributed by atoms with Crippen LogP contribution in [0, 0.1) is 5.92 Å². The van der Waals surface area contributed by atoms with Gasteiger partial charge in [-0.3, -0.25) is 10.3 Å². The fraction of sp³-hybridized carbons (Fsp3) is 0.938. The van der Waals surface area contributed by atoms with E-state index in [4.69, 9.17) is 0 Å². The van der Waals surface area contributed by atoms with Gasteiger partial charge in [-0.05, 0) is 31.7 Å². The third-order valence-electron chi connectivity index (χ3n) is 3.31. The Labute approximate surface area is 115 Å². The van der Waals surface area contributed by atoms with Crippen molar-refractivity contribution in [1.29, 1.82) is 0 Å². The Morgan fingerprint density at radius 2 is 1.72 bits per heavy atom. The van der Waals surface area contributed by atoms with Gasteiger partial charge in [-0.15, -0.1) is 0 Å². The highest BCUT2D eigenvalue weighted by Gasteiger charge is 2.00. The van der Waals surface area contributed by atoms with Gasteiger partial charge in [0.1, 0.15) is 0 Å². The summed E-state index contributed by atoms with van der Waals surface area (Å²) >= 11 is 0. The fourth-order valence-electron chi connectivity index (χ4n) is 2.03. The molecule has 0 saturated heterocycles. The largest absolute Gasteiger partial charge is 0.298 e. The molecule has 0 saturated carbocycles. The topological polar surface area (TPSA) is 24.4 Å². The molecule has 2 nitrogen and oxygen atoms in total. The Morgan fingerprint density at radius 3 is 2.44 bits per heavy atom. The van der Waals surface area contributed by atoms with Gasteiger partial charge in [0.25, 0.3) is 0 Å². The first kappa shape index (κ1) is 17.6. The summed E-state index contributed by atoms with van der Waals surface area (Å²) in [6.07, 6.45) is 14.0. The molecule has 2 heteroatoms. The van der Waals surface area contributed by atoms with Gasteiger partial charge in [0.05, 0.1) is 6.67 Å². The summed E-state index contributed by atoms with van der Waals surface area (Å²) in [6.45, 7) is 8.73. The van der Waals surface area contributed by atoms with Crippen LogP contribution in [0.4, 0.5) is 0 Å². The summed E-state index contributed by atoms with van der Waals surface area (Å²) in [6, 6.07) is 0. The van der Waals surface area contributed by atoms with Crippen molar-refractivity contribution < 1.29 is 0 Å². The highest BCUT2D eigenvalue weighted by Crippen LogP contribution is 2.10.